The summed E-state index contributed by atoms with van der Waals surface area (Å²) in [5, 5.41) is 14.6. The summed E-state index contributed by atoms with van der Waals surface area (Å²) < 4.78 is 5.55. The van der Waals surface area contributed by atoms with Gasteiger partial charge in [-0.1, -0.05) is 12.1 Å². The Morgan fingerprint density at radius 3 is 2.48 bits per heavy atom. The third-order valence-corrected chi connectivity index (χ3v) is 3.62. The molecular weight excluding hydrogens is 342 g/mol. The van der Waals surface area contributed by atoms with Crippen LogP contribution in [0, 0.1) is 11.3 Å². The van der Waals surface area contributed by atoms with Crippen molar-refractivity contribution in [1.29, 1.82) is 5.26 Å². The molecule has 1 heterocycles. The van der Waals surface area contributed by atoms with E-state index in [1.165, 1.54) is 12.4 Å². The van der Waals surface area contributed by atoms with Crippen LogP contribution in [0.5, 0.6) is 5.75 Å². The molecule has 0 spiro atoms. The largest absolute Gasteiger partial charge is 0.492 e. The fraction of sp³-hybridized carbons (Fsp3) is 0.100. The Morgan fingerprint density at radius 2 is 1.81 bits per heavy atom. The zero-order chi connectivity index (χ0) is 19.1. The van der Waals surface area contributed by atoms with E-state index in [1.54, 1.807) is 24.3 Å². The van der Waals surface area contributed by atoms with E-state index in [-0.39, 0.29) is 5.91 Å². The average Bonchev–Trinajstić information content (AvgIpc) is 2.71. The standard InChI is InChI=1S/C20H17N5O2/c1-2-27-18-6-4-3-5-17(18)25-20-22-12-15(13-23-20)19(26)24-16-9-7-14(11-21)8-10-16/h3-10,12-13H,2H2,1H3,(H,24,26)(H,22,23,25). The van der Waals surface area contributed by atoms with E-state index in [4.69, 9.17) is 10.00 Å². The molecule has 27 heavy (non-hydrogen) atoms. The third-order valence-electron chi connectivity index (χ3n) is 3.62. The van der Waals surface area contributed by atoms with Crippen LogP contribution in [0.2, 0.25) is 0 Å². The fourth-order valence-corrected chi connectivity index (χ4v) is 2.31. The first-order chi connectivity index (χ1) is 13.2. The van der Waals surface area contributed by atoms with Crippen molar-refractivity contribution < 1.29 is 9.53 Å². The van der Waals surface area contributed by atoms with Gasteiger partial charge >= 0.3 is 0 Å². The average molecular weight is 359 g/mol. The zero-order valence-corrected chi connectivity index (χ0v) is 14.6. The van der Waals surface area contributed by atoms with Gasteiger partial charge in [-0.15, -0.1) is 0 Å². The number of nitriles is 1. The second kappa shape index (κ2) is 8.45. The Morgan fingerprint density at radius 1 is 1.11 bits per heavy atom. The van der Waals surface area contributed by atoms with Crippen LogP contribution < -0.4 is 15.4 Å². The molecule has 0 saturated carbocycles. The van der Waals surface area contributed by atoms with Gasteiger partial charge in [0.05, 0.1) is 29.5 Å². The van der Waals surface area contributed by atoms with Crippen molar-refractivity contribution in [3.8, 4) is 11.8 Å². The van der Waals surface area contributed by atoms with Crippen molar-refractivity contribution in [2.24, 2.45) is 0 Å². The molecule has 0 atom stereocenters. The number of carbonyl (C=O) groups excluding carboxylic acids is 1. The number of carbonyl (C=O) groups is 1. The van der Waals surface area contributed by atoms with Crippen molar-refractivity contribution in [2.45, 2.75) is 6.92 Å². The molecule has 0 aliphatic rings. The lowest BCUT2D eigenvalue weighted by molar-refractivity contribution is 0.102. The summed E-state index contributed by atoms with van der Waals surface area (Å²) in [6, 6.07) is 16.1. The van der Waals surface area contributed by atoms with Gasteiger partial charge in [0.25, 0.3) is 5.91 Å². The SMILES string of the molecule is CCOc1ccccc1Nc1ncc(C(=O)Nc2ccc(C#N)cc2)cn1. The molecule has 1 amide bonds. The van der Waals surface area contributed by atoms with Crippen LogP contribution in [0.25, 0.3) is 0 Å². The van der Waals surface area contributed by atoms with Crippen LogP contribution in [0.1, 0.15) is 22.8 Å². The highest BCUT2D eigenvalue weighted by Gasteiger charge is 2.09. The van der Waals surface area contributed by atoms with Crippen LogP contribution in [-0.2, 0) is 0 Å². The van der Waals surface area contributed by atoms with Gasteiger partial charge in [-0.25, -0.2) is 9.97 Å². The maximum absolute atomic E-state index is 12.3. The summed E-state index contributed by atoms with van der Waals surface area (Å²) in [5.41, 5.74) is 2.18. The zero-order valence-electron chi connectivity index (χ0n) is 14.6. The molecule has 2 N–H and O–H groups in total. The molecule has 0 saturated heterocycles. The van der Waals surface area contributed by atoms with Gasteiger partial charge in [0.1, 0.15) is 5.75 Å². The van der Waals surface area contributed by atoms with E-state index in [0.29, 0.717) is 35.1 Å². The lowest BCUT2D eigenvalue weighted by Crippen LogP contribution is -2.13. The van der Waals surface area contributed by atoms with Gasteiger partial charge in [0, 0.05) is 18.1 Å². The molecule has 0 bridgehead atoms. The summed E-state index contributed by atoms with van der Waals surface area (Å²) in [5.74, 6) is 0.726. The highest BCUT2D eigenvalue weighted by molar-refractivity contribution is 6.03. The fourth-order valence-electron chi connectivity index (χ4n) is 2.31. The summed E-state index contributed by atoms with van der Waals surface area (Å²) in [6.07, 6.45) is 2.88. The predicted octanol–water partition coefficient (Wildman–Crippen LogP) is 3.74. The number of nitrogens with zero attached hydrogens (tertiary/aromatic N) is 3. The first kappa shape index (κ1) is 17.9. The smallest absolute Gasteiger partial charge is 0.258 e. The first-order valence-corrected chi connectivity index (χ1v) is 8.32. The van der Waals surface area contributed by atoms with E-state index >= 15 is 0 Å². The normalized spacial score (nSPS) is 9.93. The Labute approximate surface area is 156 Å². The van der Waals surface area contributed by atoms with Gasteiger partial charge in [-0.2, -0.15) is 5.26 Å². The number of hydrogen-bond donors (Lipinski definition) is 2. The molecular formula is C20H17N5O2. The monoisotopic (exact) mass is 359 g/mol. The number of nitrogens with one attached hydrogen (secondary N) is 2. The van der Waals surface area contributed by atoms with Crippen LogP contribution in [0.15, 0.2) is 60.9 Å². The molecule has 0 fully saturated rings. The minimum absolute atomic E-state index is 0.322. The minimum atomic E-state index is -0.332. The molecule has 134 valence electrons. The molecule has 3 rings (SSSR count). The van der Waals surface area contributed by atoms with E-state index in [2.05, 4.69) is 20.6 Å². The molecule has 0 aliphatic carbocycles. The van der Waals surface area contributed by atoms with Crippen molar-refractivity contribution in [3.05, 3.63) is 72.1 Å². The number of ether oxygens (including phenoxy) is 1. The molecule has 3 aromatic rings. The second-order valence-corrected chi connectivity index (χ2v) is 5.49. The van der Waals surface area contributed by atoms with E-state index in [1.807, 2.05) is 37.3 Å². The molecule has 0 unspecified atom stereocenters. The van der Waals surface area contributed by atoms with Gasteiger partial charge in [-0.05, 0) is 43.3 Å². The summed E-state index contributed by atoms with van der Waals surface area (Å²) in [4.78, 5) is 20.6. The molecule has 0 radical (unpaired) electrons. The van der Waals surface area contributed by atoms with Crippen LogP contribution in [-0.4, -0.2) is 22.5 Å². The number of anilines is 3. The maximum Gasteiger partial charge on any atom is 0.258 e. The van der Waals surface area contributed by atoms with Crippen molar-refractivity contribution >= 4 is 23.2 Å². The number of amides is 1. The summed E-state index contributed by atoms with van der Waals surface area (Å²) in [6.45, 7) is 2.46. The van der Waals surface area contributed by atoms with Gasteiger partial charge in [-0.3, -0.25) is 4.79 Å². The topological polar surface area (TPSA) is 99.9 Å². The van der Waals surface area contributed by atoms with Gasteiger partial charge in [0.15, 0.2) is 0 Å². The Hall–Kier alpha value is -3.92. The van der Waals surface area contributed by atoms with Gasteiger partial charge in [0.2, 0.25) is 5.95 Å². The van der Waals surface area contributed by atoms with Crippen molar-refractivity contribution in [2.75, 3.05) is 17.2 Å². The van der Waals surface area contributed by atoms with Crippen LogP contribution in [0.3, 0.4) is 0 Å². The lowest BCUT2D eigenvalue weighted by atomic mass is 10.2. The van der Waals surface area contributed by atoms with Gasteiger partial charge < -0.3 is 15.4 Å². The summed E-state index contributed by atoms with van der Waals surface area (Å²) in [7, 11) is 0. The minimum Gasteiger partial charge on any atom is -0.492 e. The Balaban J connectivity index is 1.68. The second-order valence-electron chi connectivity index (χ2n) is 5.49. The first-order valence-electron chi connectivity index (χ1n) is 8.32. The van der Waals surface area contributed by atoms with Crippen LogP contribution >= 0.6 is 0 Å². The Bertz CT molecular complexity index is 963. The number of para-hydroxylation sites is 2. The molecule has 2 aromatic carbocycles. The molecule has 7 heteroatoms. The number of aromatic nitrogens is 2. The van der Waals surface area contributed by atoms with E-state index in [0.717, 1.165) is 5.69 Å². The van der Waals surface area contributed by atoms with E-state index in [9.17, 15) is 4.79 Å². The predicted molar refractivity (Wildman–Crippen MR) is 102 cm³/mol. The number of rotatable bonds is 6. The maximum atomic E-state index is 12.3. The highest BCUT2D eigenvalue weighted by atomic mass is 16.5. The quantitative estimate of drug-likeness (QED) is 0.695. The third kappa shape index (κ3) is 4.58. The lowest BCUT2D eigenvalue weighted by Gasteiger charge is -2.11. The van der Waals surface area contributed by atoms with Crippen molar-refractivity contribution in [1.82, 2.24) is 9.97 Å². The van der Waals surface area contributed by atoms with Crippen molar-refractivity contribution in [3.63, 3.8) is 0 Å². The molecule has 0 aliphatic heterocycles. The van der Waals surface area contributed by atoms with Crippen LogP contribution in [0.4, 0.5) is 17.3 Å². The van der Waals surface area contributed by atoms with E-state index < -0.39 is 0 Å². The number of hydrogen-bond acceptors (Lipinski definition) is 6. The number of benzene rings is 2. The Kier molecular flexibility index (Phi) is 5.60. The molecule has 1 aromatic heterocycles. The summed E-state index contributed by atoms with van der Waals surface area (Å²) >= 11 is 0. The molecule has 7 nitrogen and oxygen atoms in total. The highest BCUT2D eigenvalue weighted by Crippen LogP contribution is 2.25.